The Morgan fingerprint density at radius 1 is 1.17 bits per heavy atom. The molecule has 2 aromatic heterocycles. The van der Waals surface area contributed by atoms with Crippen LogP contribution in [0.4, 0.5) is 5.95 Å². The molecule has 0 saturated heterocycles. The van der Waals surface area contributed by atoms with Crippen LogP contribution in [0.5, 0.6) is 0 Å². The molecule has 18 heavy (non-hydrogen) atoms. The molecule has 0 spiro atoms. The first-order chi connectivity index (χ1) is 8.83. The first-order valence-corrected chi connectivity index (χ1v) is 6.72. The molecule has 0 aliphatic heterocycles. The zero-order valence-electron chi connectivity index (χ0n) is 10.00. The maximum Gasteiger partial charge on any atom is 0.223 e. The fraction of sp³-hybridized carbons (Fsp3) is 0.143. The molecular formula is C14H13N3S. The minimum Gasteiger partial charge on any atom is -0.347 e. The van der Waals surface area contributed by atoms with Gasteiger partial charge in [0.05, 0.1) is 11.6 Å². The number of fused-ring (bicyclic) bond motifs is 1. The van der Waals surface area contributed by atoms with Crippen LogP contribution in [0.3, 0.4) is 0 Å². The lowest BCUT2D eigenvalue weighted by molar-refractivity contribution is 0.884. The summed E-state index contributed by atoms with van der Waals surface area (Å²) in [4.78, 5) is 10.1. The largest absolute Gasteiger partial charge is 0.347 e. The predicted octanol–water partition coefficient (Wildman–Crippen LogP) is 3.86. The predicted molar refractivity (Wildman–Crippen MR) is 75.9 cm³/mol. The van der Waals surface area contributed by atoms with Gasteiger partial charge in [-0.05, 0) is 24.4 Å². The Hall–Kier alpha value is -1.94. The molecule has 0 amide bonds. The van der Waals surface area contributed by atoms with Gasteiger partial charge in [-0.15, -0.1) is 11.3 Å². The number of para-hydroxylation sites is 1. The zero-order valence-corrected chi connectivity index (χ0v) is 10.8. The number of nitrogens with zero attached hydrogens (tertiary/aromatic N) is 2. The fourth-order valence-corrected chi connectivity index (χ4v) is 2.58. The van der Waals surface area contributed by atoms with Crippen molar-refractivity contribution in [2.45, 2.75) is 13.0 Å². The Morgan fingerprint density at radius 2 is 2.06 bits per heavy atom. The normalized spacial score (nSPS) is 12.5. The lowest BCUT2D eigenvalue weighted by Gasteiger charge is -2.12. The Kier molecular flexibility index (Phi) is 2.94. The SMILES string of the molecule is CC(Nc1ncc2ccccc2n1)c1cccs1. The smallest absolute Gasteiger partial charge is 0.223 e. The van der Waals surface area contributed by atoms with E-state index in [1.54, 1.807) is 11.3 Å². The second-order valence-electron chi connectivity index (χ2n) is 4.13. The summed E-state index contributed by atoms with van der Waals surface area (Å²) in [5.41, 5.74) is 0.966. The van der Waals surface area contributed by atoms with E-state index < -0.39 is 0 Å². The molecule has 4 heteroatoms. The molecule has 3 rings (SSSR count). The topological polar surface area (TPSA) is 37.8 Å². The van der Waals surface area contributed by atoms with Gasteiger partial charge in [0, 0.05) is 16.5 Å². The molecule has 1 atom stereocenters. The van der Waals surface area contributed by atoms with Crippen LogP contribution >= 0.6 is 11.3 Å². The van der Waals surface area contributed by atoms with Crippen molar-refractivity contribution in [2.75, 3.05) is 5.32 Å². The summed E-state index contributed by atoms with van der Waals surface area (Å²) in [6, 6.07) is 12.4. The van der Waals surface area contributed by atoms with Gasteiger partial charge < -0.3 is 5.32 Å². The van der Waals surface area contributed by atoms with Crippen molar-refractivity contribution in [1.29, 1.82) is 0 Å². The van der Waals surface area contributed by atoms with E-state index in [0.29, 0.717) is 5.95 Å². The summed E-state index contributed by atoms with van der Waals surface area (Å²) in [5.74, 6) is 0.676. The van der Waals surface area contributed by atoms with Crippen LogP contribution in [-0.4, -0.2) is 9.97 Å². The number of aromatic nitrogens is 2. The molecule has 90 valence electrons. The van der Waals surface area contributed by atoms with Crippen LogP contribution in [0, 0.1) is 0 Å². The molecule has 0 aliphatic rings. The maximum atomic E-state index is 4.51. The number of hydrogen-bond acceptors (Lipinski definition) is 4. The van der Waals surface area contributed by atoms with E-state index in [2.05, 4.69) is 39.7 Å². The second-order valence-corrected chi connectivity index (χ2v) is 5.11. The van der Waals surface area contributed by atoms with E-state index >= 15 is 0 Å². The van der Waals surface area contributed by atoms with Gasteiger partial charge in [0.1, 0.15) is 0 Å². The quantitative estimate of drug-likeness (QED) is 0.772. The van der Waals surface area contributed by atoms with Gasteiger partial charge in [-0.3, -0.25) is 0 Å². The number of thiophene rings is 1. The first kappa shape index (κ1) is 11.2. The van der Waals surface area contributed by atoms with E-state index in [4.69, 9.17) is 0 Å². The van der Waals surface area contributed by atoms with Crippen LogP contribution in [0.1, 0.15) is 17.8 Å². The van der Waals surface area contributed by atoms with Gasteiger partial charge >= 0.3 is 0 Å². The van der Waals surface area contributed by atoms with Crippen LogP contribution in [0.2, 0.25) is 0 Å². The Bertz CT molecular complexity index is 649. The molecule has 1 N–H and O–H groups in total. The van der Waals surface area contributed by atoms with Gasteiger partial charge in [0.2, 0.25) is 5.95 Å². The Morgan fingerprint density at radius 3 is 2.89 bits per heavy atom. The highest BCUT2D eigenvalue weighted by atomic mass is 32.1. The summed E-state index contributed by atoms with van der Waals surface area (Å²) in [7, 11) is 0. The summed E-state index contributed by atoms with van der Waals surface area (Å²) >= 11 is 1.74. The standard InChI is InChI=1S/C14H13N3S/c1-10(13-7-4-8-18-13)16-14-15-9-11-5-2-3-6-12(11)17-14/h2-10H,1H3,(H,15,16,17). The zero-order chi connectivity index (χ0) is 12.4. The monoisotopic (exact) mass is 255 g/mol. The van der Waals surface area contributed by atoms with Crippen molar-refractivity contribution in [3.63, 3.8) is 0 Å². The number of hydrogen-bond donors (Lipinski definition) is 1. The van der Waals surface area contributed by atoms with Crippen LogP contribution in [0.25, 0.3) is 10.9 Å². The molecule has 3 aromatic rings. The number of anilines is 1. The second kappa shape index (κ2) is 4.74. The highest BCUT2D eigenvalue weighted by Gasteiger charge is 2.07. The molecular weight excluding hydrogens is 242 g/mol. The van der Waals surface area contributed by atoms with Gasteiger partial charge in [0.25, 0.3) is 0 Å². The molecule has 3 nitrogen and oxygen atoms in total. The average molecular weight is 255 g/mol. The lowest BCUT2D eigenvalue weighted by atomic mass is 10.2. The first-order valence-electron chi connectivity index (χ1n) is 5.84. The maximum absolute atomic E-state index is 4.51. The summed E-state index contributed by atoms with van der Waals surface area (Å²) in [6.07, 6.45) is 1.85. The minimum atomic E-state index is 0.228. The van der Waals surface area contributed by atoms with E-state index in [0.717, 1.165) is 10.9 Å². The van der Waals surface area contributed by atoms with Crippen LogP contribution in [0.15, 0.2) is 48.0 Å². The van der Waals surface area contributed by atoms with Gasteiger partial charge in [-0.2, -0.15) is 0 Å². The fourth-order valence-electron chi connectivity index (χ4n) is 1.84. The lowest BCUT2D eigenvalue weighted by Crippen LogP contribution is -2.07. The molecule has 0 radical (unpaired) electrons. The molecule has 0 bridgehead atoms. The molecule has 0 aliphatic carbocycles. The number of nitrogens with one attached hydrogen (secondary N) is 1. The molecule has 0 fully saturated rings. The van der Waals surface area contributed by atoms with Crippen molar-refractivity contribution in [2.24, 2.45) is 0 Å². The minimum absolute atomic E-state index is 0.228. The van der Waals surface area contributed by atoms with E-state index in [1.165, 1.54) is 4.88 Å². The average Bonchev–Trinajstić information content (AvgIpc) is 2.92. The number of benzene rings is 1. The molecule has 2 heterocycles. The molecule has 1 aromatic carbocycles. The third-order valence-corrected chi connectivity index (χ3v) is 3.86. The van der Waals surface area contributed by atoms with Crippen molar-refractivity contribution in [3.05, 3.63) is 52.9 Å². The highest BCUT2D eigenvalue weighted by Crippen LogP contribution is 2.22. The Balaban J connectivity index is 1.86. The third-order valence-electron chi connectivity index (χ3n) is 2.80. The van der Waals surface area contributed by atoms with Crippen LogP contribution in [-0.2, 0) is 0 Å². The van der Waals surface area contributed by atoms with Gasteiger partial charge in [-0.25, -0.2) is 9.97 Å². The molecule has 1 unspecified atom stereocenters. The van der Waals surface area contributed by atoms with Gasteiger partial charge in [0.15, 0.2) is 0 Å². The van der Waals surface area contributed by atoms with E-state index in [9.17, 15) is 0 Å². The van der Waals surface area contributed by atoms with E-state index in [1.807, 2.05) is 30.5 Å². The summed E-state index contributed by atoms with van der Waals surface area (Å²) < 4.78 is 0. The summed E-state index contributed by atoms with van der Waals surface area (Å²) in [5, 5.41) is 6.46. The molecule has 0 saturated carbocycles. The van der Waals surface area contributed by atoms with Crippen LogP contribution < -0.4 is 5.32 Å². The van der Waals surface area contributed by atoms with Crippen molar-refractivity contribution < 1.29 is 0 Å². The Labute approximate surface area is 110 Å². The third kappa shape index (κ3) is 2.19. The van der Waals surface area contributed by atoms with Crippen molar-refractivity contribution in [3.8, 4) is 0 Å². The van der Waals surface area contributed by atoms with Crippen molar-refractivity contribution >= 4 is 28.2 Å². The number of rotatable bonds is 3. The summed E-state index contributed by atoms with van der Waals surface area (Å²) in [6.45, 7) is 2.12. The highest BCUT2D eigenvalue weighted by molar-refractivity contribution is 7.10. The van der Waals surface area contributed by atoms with Gasteiger partial charge in [-0.1, -0.05) is 24.3 Å². The van der Waals surface area contributed by atoms with Crippen molar-refractivity contribution in [1.82, 2.24) is 9.97 Å². The van der Waals surface area contributed by atoms with E-state index in [-0.39, 0.29) is 6.04 Å².